The SMILES string of the molecule is CC(C)OC(=O)[C@H](C)N[P@](=S)(OC[C@H]1O[C@@H](n2cnc3c(=O)[nH]c(N)nc32)[C@@](F)(Cl)[C@@H]1O)Oc1ccccc1. The molecular weight excluding hydrogens is 578 g/mol. The molecule has 3 heterocycles. The van der Waals surface area contributed by atoms with E-state index in [9.17, 15) is 14.7 Å². The highest BCUT2D eigenvalue weighted by atomic mass is 35.5. The highest BCUT2D eigenvalue weighted by Crippen LogP contribution is 2.49. The van der Waals surface area contributed by atoms with Gasteiger partial charge < -0.3 is 29.4 Å². The first-order valence-electron chi connectivity index (χ1n) is 11.7. The summed E-state index contributed by atoms with van der Waals surface area (Å²) in [6, 6.07) is 7.54. The maximum atomic E-state index is 15.6. The number of halogens is 2. The molecule has 0 bridgehead atoms. The first-order valence-corrected chi connectivity index (χ1v) is 14.7. The molecule has 39 heavy (non-hydrogen) atoms. The van der Waals surface area contributed by atoms with Crippen LogP contribution in [0.3, 0.4) is 0 Å². The number of hydrogen-bond donors (Lipinski definition) is 4. The summed E-state index contributed by atoms with van der Waals surface area (Å²) in [6.45, 7) is 0.925. The molecule has 4 rings (SSSR count). The minimum absolute atomic E-state index is 0.102. The number of fused-ring (bicyclic) bond motifs is 1. The van der Waals surface area contributed by atoms with Gasteiger partial charge in [0.05, 0.1) is 19.0 Å². The number of H-pyrrole nitrogens is 1. The Morgan fingerprint density at radius 3 is 2.77 bits per heavy atom. The quantitative estimate of drug-likeness (QED) is 0.151. The number of aromatic amines is 1. The van der Waals surface area contributed by atoms with E-state index in [0.717, 1.165) is 10.9 Å². The Balaban J connectivity index is 1.56. The summed E-state index contributed by atoms with van der Waals surface area (Å²) in [6.07, 6.45) is -4.20. The van der Waals surface area contributed by atoms with Crippen LogP contribution in [0, 0.1) is 0 Å². The molecular formula is C22H27ClFN6O7PS. The van der Waals surface area contributed by atoms with E-state index < -0.39 is 54.4 Å². The van der Waals surface area contributed by atoms with E-state index in [4.69, 9.17) is 47.7 Å². The third-order valence-corrected chi connectivity index (χ3v) is 8.43. The third-order valence-electron chi connectivity index (χ3n) is 5.52. The van der Waals surface area contributed by atoms with Crippen LogP contribution >= 0.6 is 18.2 Å². The zero-order chi connectivity index (χ0) is 28.5. The number of aliphatic hydroxyl groups is 1. The summed E-state index contributed by atoms with van der Waals surface area (Å²) in [5, 5.41) is 10.7. The standard InChI is InChI=1S/C22H27ClFN6O7PS/c1-11(2)35-19(33)12(3)29-38(39,37-13-7-5-4-6-8-13)34-9-14-16(31)22(23,24)20(36-14)30-10-26-15-17(30)27-21(25)28-18(15)32/h4-8,10-12,14,16,20,31H,9H2,1-3H3,(H,29,39)(H3,25,27,28,32)/t12-,14+,16+,20+,22+,38-/m0/s1. The van der Waals surface area contributed by atoms with Crippen molar-refractivity contribution in [2.24, 2.45) is 0 Å². The number of nitrogens with zero attached hydrogens (tertiary/aromatic N) is 3. The molecule has 0 unspecified atom stereocenters. The topological polar surface area (TPSA) is 176 Å². The van der Waals surface area contributed by atoms with E-state index in [2.05, 4.69) is 20.0 Å². The van der Waals surface area contributed by atoms with Crippen molar-refractivity contribution in [2.45, 2.75) is 56.5 Å². The van der Waals surface area contributed by atoms with E-state index in [1.165, 1.54) is 6.92 Å². The van der Waals surface area contributed by atoms with Crippen molar-refractivity contribution in [2.75, 3.05) is 12.3 Å². The highest BCUT2D eigenvalue weighted by Gasteiger charge is 2.58. The molecule has 17 heteroatoms. The number of anilines is 1. The summed E-state index contributed by atoms with van der Waals surface area (Å²) in [5.41, 5.74) is 4.73. The van der Waals surface area contributed by atoms with Crippen LogP contribution in [0.1, 0.15) is 27.0 Å². The number of nitrogens with one attached hydrogen (secondary N) is 2. The summed E-state index contributed by atoms with van der Waals surface area (Å²) < 4.78 is 39.4. The number of aliphatic hydroxyl groups excluding tert-OH is 1. The summed E-state index contributed by atoms with van der Waals surface area (Å²) in [7, 11) is 0. The summed E-state index contributed by atoms with van der Waals surface area (Å²) >= 11 is 11.7. The normalized spacial score (nSPS) is 25.5. The Kier molecular flexibility index (Phi) is 8.61. The molecule has 1 saturated heterocycles. The molecule has 0 saturated carbocycles. The Morgan fingerprint density at radius 2 is 2.10 bits per heavy atom. The molecule has 0 amide bonds. The fourth-order valence-corrected chi connectivity index (χ4v) is 6.44. The van der Waals surface area contributed by atoms with Gasteiger partial charge in [0.15, 0.2) is 17.4 Å². The number of hydrogen-bond acceptors (Lipinski definition) is 11. The Bertz CT molecular complexity index is 1440. The molecule has 0 aliphatic carbocycles. The van der Waals surface area contributed by atoms with E-state index in [1.807, 2.05) is 0 Å². The van der Waals surface area contributed by atoms with Crippen molar-refractivity contribution in [3.63, 3.8) is 0 Å². The fraction of sp³-hybridized carbons (Fsp3) is 0.455. The number of para-hydroxylation sites is 1. The number of imidazole rings is 1. The van der Waals surface area contributed by atoms with Gasteiger partial charge in [-0.3, -0.25) is 19.1 Å². The number of benzene rings is 1. The van der Waals surface area contributed by atoms with E-state index >= 15 is 4.39 Å². The zero-order valence-electron chi connectivity index (χ0n) is 21.0. The van der Waals surface area contributed by atoms with Crippen LogP contribution in [-0.4, -0.2) is 66.7 Å². The highest BCUT2D eigenvalue weighted by molar-refractivity contribution is 8.09. The van der Waals surface area contributed by atoms with Gasteiger partial charge in [0.1, 0.15) is 24.0 Å². The second-order valence-electron chi connectivity index (χ2n) is 8.96. The molecule has 2 aromatic heterocycles. The number of aromatic nitrogens is 4. The number of ether oxygens (including phenoxy) is 2. The number of rotatable bonds is 10. The molecule has 0 spiro atoms. The molecule has 0 radical (unpaired) electrons. The fourth-order valence-electron chi connectivity index (χ4n) is 3.73. The first kappa shape index (κ1) is 29.3. The molecule has 6 atom stereocenters. The van der Waals surface area contributed by atoms with Crippen LogP contribution in [0.2, 0.25) is 0 Å². The van der Waals surface area contributed by atoms with Crippen LogP contribution in [0.15, 0.2) is 41.5 Å². The largest absolute Gasteiger partial charge is 0.462 e. The van der Waals surface area contributed by atoms with Crippen LogP contribution in [0.5, 0.6) is 5.75 Å². The maximum Gasteiger partial charge on any atom is 0.323 e. The molecule has 1 aliphatic heterocycles. The van der Waals surface area contributed by atoms with Gasteiger partial charge >= 0.3 is 12.6 Å². The smallest absolute Gasteiger partial charge is 0.323 e. The Labute approximate surface area is 232 Å². The molecule has 1 aliphatic rings. The molecule has 3 aromatic rings. The van der Waals surface area contributed by atoms with Crippen LogP contribution in [-0.2, 0) is 30.6 Å². The van der Waals surface area contributed by atoms with Crippen molar-refractivity contribution in [1.82, 2.24) is 24.6 Å². The Hall–Kier alpha value is -2.65. The van der Waals surface area contributed by atoms with Gasteiger partial charge in [-0.1, -0.05) is 29.8 Å². The number of carbonyl (C=O) groups is 1. The lowest BCUT2D eigenvalue weighted by molar-refractivity contribution is -0.149. The minimum Gasteiger partial charge on any atom is -0.462 e. The predicted molar refractivity (Wildman–Crippen MR) is 143 cm³/mol. The number of nitrogens with two attached hydrogens (primary N) is 1. The van der Waals surface area contributed by atoms with Gasteiger partial charge in [0.2, 0.25) is 5.95 Å². The zero-order valence-corrected chi connectivity index (χ0v) is 23.5. The van der Waals surface area contributed by atoms with E-state index in [1.54, 1.807) is 44.2 Å². The van der Waals surface area contributed by atoms with Crippen molar-refractivity contribution in [3.8, 4) is 5.75 Å². The minimum atomic E-state index is -3.52. The van der Waals surface area contributed by atoms with Crippen LogP contribution in [0.4, 0.5) is 10.3 Å². The lowest BCUT2D eigenvalue weighted by Crippen LogP contribution is -2.40. The van der Waals surface area contributed by atoms with Gasteiger partial charge in [-0.05, 0) is 44.7 Å². The van der Waals surface area contributed by atoms with Crippen molar-refractivity contribution >= 4 is 53.1 Å². The average molecular weight is 605 g/mol. The molecule has 5 N–H and O–H groups in total. The van der Waals surface area contributed by atoms with Crippen LogP contribution in [0.25, 0.3) is 11.2 Å². The maximum absolute atomic E-state index is 15.6. The van der Waals surface area contributed by atoms with Gasteiger partial charge in [-0.25, -0.2) is 14.5 Å². The number of carbonyl (C=O) groups excluding carboxylic acids is 1. The number of esters is 1. The summed E-state index contributed by atoms with van der Waals surface area (Å²) in [5.74, 6) is -0.477. The Morgan fingerprint density at radius 1 is 1.41 bits per heavy atom. The van der Waals surface area contributed by atoms with Gasteiger partial charge in [0, 0.05) is 0 Å². The first-order chi connectivity index (χ1) is 18.3. The van der Waals surface area contributed by atoms with Gasteiger partial charge in [0.25, 0.3) is 10.7 Å². The van der Waals surface area contributed by atoms with Crippen molar-refractivity contribution in [1.29, 1.82) is 0 Å². The molecule has 13 nitrogen and oxygen atoms in total. The lowest BCUT2D eigenvalue weighted by atomic mass is 10.1. The number of nitrogen functional groups attached to an aromatic ring is 1. The second-order valence-corrected chi connectivity index (χ2v) is 12.7. The van der Waals surface area contributed by atoms with Crippen LogP contribution < -0.4 is 20.9 Å². The monoisotopic (exact) mass is 604 g/mol. The van der Waals surface area contributed by atoms with E-state index in [0.29, 0.717) is 5.75 Å². The van der Waals surface area contributed by atoms with Crippen molar-refractivity contribution < 1.29 is 32.8 Å². The number of alkyl halides is 2. The van der Waals surface area contributed by atoms with E-state index in [-0.39, 0.29) is 23.2 Å². The molecule has 212 valence electrons. The third kappa shape index (κ3) is 6.40. The summed E-state index contributed by atoms with van der Waals surface area (Å²) in [4.78, 5) is 34.7. The second kappa shape index (κ2) is 11.5. The van der Waals surface area contributed by atoms with Gasteiger partial charge in [-0.2, -0.15) is 4.98 Å². The van der Waals surface area contributed by atoms with Gasteiger partial charge in [-0.15, -0.1) is 0 Å². The van der Waals surface area contributed by atoms with Crippen molar-refractivity contribution in [3.05, 3.63) is 47.0 Å². The predicted octanol–water partition coefficient (Wildman–Crippen LogP) is 2.11. The lowest BCUT2D eigenvalue weighted by Gasteiger charge is -2.28. The molecule has 1 aromatic carbocycles. The average Bonchev–Trinajstić information content (AvgIpc) is 3.36. The molecule has 1 fully saturated rings.